The summed E-state index contributed by atoms with van der Waals surface area (Å²) >= 11 is 0. The third-order valence-corrected chi connectivity index (χ3v) is 4.60. The number of hydrogen-bond donors (Lipinski definition) is 2. The molecule has 2 rings (SSSR count). The molecule has 1 saturated heterocycles. The molecule has 1 fully saturated rings. The average Bonchev–Trinajstić information content (AvgIpc) is 2.70. The van der Waals surface area contributed by atoms with Crippen LogP contribution in [0.3, 0.4) is 0 Å². The van der Waals surface area contributed by atoms with Crippen LogP contribution in [0.4, 0.5) is 0 Å². The molecule has 0 aromatic carbocycles. The summed E-state index contributed by atoms with van der Waals surface area (Å²) in [4.78, 5) is 0. The molecule has 1 aromatic rings. The molecule has 0 amide bonds. The van der Waals surface area contributed by atoms with Crippen molar-refractivity contribution in [3.8, 4) is 0 Å². The van der Waals surface area contributed by atoms with E-state index in [2.05, 4.69) is 24.4 Å². The largest absolute Gasteiger partial charge is 0.381 e. The van der Waals surface area contributed by atoms with Gasteiger partial charge in [0.25, 0.3) is 0 Å². The molecule has 1 aliphatic heterocycles. The number of nitrogens with one attached hydrogen (secondary N) is 1. The second kappa shape index (κ2) is 7.20. The first-order valence-corrected chi connectivity index (χ1v) is 7.64. The van der Waals surface area contributed by atoms with Gasteiger partial charge in [-0.05, 0) is 57.4 Å². The van der Waals surface area contributed by atoms with E-state index in [-0.39, 0.29) is 0 Å². The normalized spacial score (nSPS) is 18.4. The predicted molar refractivity (Wildman–Crippen MR) is 80.3 cm³/mol. The van der Waals surface area contributed by atoms with Gasteiger partial charge in [-0.3, -0.25) is 16.0 Å². The Balaban J connectivity index is 1.86. The third-order valence-electron chi connectivity index (χ3n) is 4.60. The summed E-state index contributed by atoms with van der Waals surface area (Å²) in [6, 6.07) is 0.386. The monoisotopic (exact) mass is 280 g/mol. The smallest absolute Gasteiger partial charge is 0.0628 e. The highest BCUT2D eigenvalue weighted by Gasteiger charge is 2.19. The Kier molecular flexibility index (Phi) is 5.57. The molecule has 0 radical (unpaired) electrons. The highest BCUT2D eigenvalue weighted by molar-refractivity contribution is 5.24. The standard InChI is InChI=1S/C15H28N4O/c1-11-15(12(2)19(3)18-11)5-4-14(17-16)10-13-6-8-20-9-7-13/h13-14,17H,4-10,16H2,1-3H3. The van der Waals surface area contributed by atoms with Gasteiger partial charge in [-0.15, -0.1) is 0 Å². The van der Waals surface area contributed by atoms with E-state index < -0.39 is 0 Å². The number of ether oxygens (including phenoxy) is 1. The molecule has 2 heterocycles. The molecular formula is C15H28N4O. The zero-order chi connectivity index (χ0) is 14.5. The predicted octanol–water partition coefficient (Wildman–Crippen LogP) is 1.62. The lowest BCUT2D eigenvalue weighted by Crippen LogP contribution is -2.38. The second-order valence-electron chi connectivity index (χ2n) is 5.97. The van der Waals surface area contributed by atoms with Gasteiger partial charge < -0.3 is 4.74 Å². The van der Waals surface area contributed by atoms with Crippen LogP contribution in [0.1, 0.15) is 42.6 Å². The average molecular weight is 280 g/mol. The van der Waals surface area contributed by atoms with Crippen LogP contribution in [0.15, 0.2) is 0 Å². The van der Waals surface area contributed by atoms with E-state index in [9.17, 15) is 0 Å². The van der Waals surface area contributed by atoms with E-state index >= 15 is 0 Å². The van der Waals surface area contributed by atoms with Crippen LogP contribution in [-0.2, 0) is 18.2 Å². The lowest BCUT2D eigenvalue weighted by molar-refractivity contribution is 0.0602. The number of hydrazine groups is 1. The van der Waals surface area contributed by atoms with Crippen molar-refractivity contribution in [2.45, 2.75) is 52.0 Å². The minimum Gasteiger partial charge on any atom is -0.381 e. The first-order valence-electron chi connectivity index (χ1n) is 7.64. The zero-order valence-corrected chi connectivity index (χ0v) is 13.0. The molecule has 114 valence electrons. The Bertz CT molecular complexity index is 424. The maximum Gasteiger partial charge on any atom is 0.0628 e. The molecule has 1 atom stereocenters. The van der Waals surface area contributed by atoms with Crippen molar-refractivity contribution in [3.63, 3.8) is 0 Å². The summed E-state index contributed by atoms with van der Waals surface area (Å²) in [5, 5.41) is 4.48. The molecule has 20 heavy (non-hydrogen) atoms. The fourth-order valence-electron chi connectivity index (χ4n) is 3.15. The first-order chi connectivity index (χ1) is 9.61. The summed E-state index contributed by atoms with van der Waals surface area (Å²) in [6.45, 7) is 6.04. The minimum atomic E-state index is 0.386. The Labute approximate surface area is 121 Å². The summed E-state index contributed by atoms with van der Waals surface area (Å²) in [6.07, 6.45) is 5.61. The highest BCUT2D eigenvalue weighted by atomic mass is 16.5. The molecule has 5 heteroatoms. The molecule has 0 spiro atoms. The SMILES string of the molecule is Cc1nn(C)c(C)c1CCC(CC1CCOCC1)NN. The van der Waals surface area contributed by atoms with Crippen LogP contribution >= 0.6 is 0 Å². The molecule has 5 nitrogen and oxygen atoms in total. The van der Waals surface area contributed by atoms with Crippen LogP contribution in [0, 0.1) is 19.8 Å². The van der Waals surface area contributed by atoms with Gasteiger partial charge in [-0.2, -0.15) is 5.10 Å². The Morgan fingerprint density at radius 3 is 2.65 bits per heavy atom. The summed E-state index contributed by atoms with van der Waals surface area (Å²) < 4.78 is 7.38. The van der Waals surface area contributed by atoms with E-state index in [0.717, 1.165) is 44.1 Å². The van der Waals surface area contributed by atoms with Gasteiger partial charge in [0, 0.05) is 32.0 Å². The van der Waals surface area contributed by atoms with Crippen LogP contribution in [0.25, 0.3) is 0 Å². The van der Waals surface area contributed by atoms with Crippen molar-refractivity contribution >= 4 is 0 Å². The molecule has 1 aromatic heterocycles. The molecule has 3 N–H and O–H groups in total. The maximum atomic E-state index is 5.73. The van der Waals surface area contributed by atoms with Gasteiger partial charge in [-0.25, -0.2) is 0 Å². The number of aryl methyl sites for hydroxylation is 2. The molecule has 1 aliphatic rings. The Morgan fingerprint density at radius 2 is 2.10 bits per heavy atom. The highest BCUT2D eigenvalue weighted by Crippen LogP contribution is 2.22. The molecule has 0 bridgehead atoms. The lowest BCUT2D eigenvalue weighted by atomic mass is 9.90. The fourth-order valence-corrected chi connectivity index (χ4v) is 3.15. The zero-order valence-electron chi connectivity index (χ0n) is 13.0. The Morgan fingerprint density at radius 1 is 1.40 bits per heavy atom. The molecular weight excluding hydrogens is 252 g/mol. The number of rotatable bonds is 6. The molecule has 1 unspecified atom stereocenters. The van der Waals surface area contributed by atoms with Crippen molar-refractivity contribution in [1.82, 2.24) is 15.2 Å². The van der Waals surface area contributed by atoms with Gasteiger partial charge in [0.2, 0.25) is 0 Å². The van der Waals surface area contributed by atoms with Crippen molar-refractivity contribution < 1.29 is 4.74 Å². The summed E-state index contributed by atoms with van der Waals surface area (Å²) in [5.41, 5.74) is 6.79. The van der Waals surface area contributed by atoms with Gasteiger partial charge in [-0.1, -0.05) is 0 Å². The minimum absolute atomic E-state index is 0.386. The van der Waals surface area contributed by atoms with E-state index in [1.165, 1.54) is 24.1 Å². The number of aromatic nitrogens is 2. The molecule has 0 saturated carbocycles. The van der Waals surface area contributed by atoms with E-state index in [4.69, 9.17) is 10.6 Å². The van der Waals surface area contributed by atoms with Gasteiger partial charge in [0.1, 0.15) is 0 Å². The quantitative estimate of drug-likeness (QED) is 0.614. The van der Waals surface area contributed by atoms with Crippen LogP contribution in [0.2, 0.25) is 0 Å². The summed E-state index contributed by atoms with van der Waals surface area (Å²) in [5.74, 6) is 6.48. The van der Waals surface area contributed by atoms with Gasteiger partial charge >= 0.3 is 0 Å². The topological polar surface area (TPSA) is 65.1 Å². The fraction of sp³-hybridized carbons (Fsp3) is 0.800. The summed E-state index contributed by atoms with van der Waals surface area (Å²) in [7, 11) is 2.01. The van der Waals surface area contributed by atoms with Crippen LogP contribution < -0.4 is 11.3 Å². The maximum absolute atomic E-state index is 5.73. The van der Waals surface area contributed by atoms with Crippen LogP contribution in [-0.4, -0.2) is 29.0 Å². The number of nitrogens with two attached hydrogens (primary N) is 1. The number of hydrogen-bond acceptors (Lipinski definition) is 4. The van der Waals surface area contributed by atoms with Crippen molar-refractivity contribution in [3.05, 3.63) is 17.0 Å². The van der Waals surface area contributed by atoms with Crippen molar-refractivity contribution in [2.75, 3.05) is 13.2 Å². The van der Waals surface area contributed by atoms with Crippen molar-refractivity contribution in [1.29, 1.82) is 0 Å². The van der Waals surface area contributed by atoms with E-state index in [0.29, 0.717) is 6.04 Å². The molecule has 0 aliphatic carbocycles. The Hall–Kier alpha value is -0.910. The van der Waals surface area contributed by atoms with E-state index in [1.807, 2.05) is 11.7 Å². The van der Waals surface area contributed by atoms with Crippen LogP contribution in [0.5, 0.6) is 0 Å². The number of nitrogens with zero attached hydrogens (tertiary/aromatic N) is 2. The van der Waals surface area contributed by atoms with E-state index in [1.54, 1.807) is 0 Å². The second-order valence-corrected chi connectivity index (χ2v) is 5.97. The first kappa shape index (κ1) is 15.5. The van der Waals surface area contributed by atoms with Gasteiger partial charge in [0.05, 0.1) is 5.69 Å². The van der Waals surface area contributed by atoms with Crippen molar-refractivity contribution in [2.24, 2.45) is 18.8 Å². The van der Waals surface area contributed by atoms with Gasteiger partial charge in [0.15, 0.2) is 0 Å². The lowest BCUT2D eigenvalue weighted by Gasteiger charge is -2.26. The third kappa shape index (κ3) is 3.81.